The molecule has 0 spiro atoms. The summed E-state index contributed by atoms with van der Waals surface area (Å²) in [6, 6.07) is 15.1. The number of anilines is 1. The maximum atomic E-state index is 12.5. The van der Waals surface area contributed by atoms with E-state index in [1.54, 1.807) is 17.0 Å². The van der Waals surface area contributed by atoms with Gasteiger partial charge in [0.1, 0.15) is 0 Å². The van der Waals surface area contributed by atoms with E-state index >= 15 is 0 Å². The average Bonchev–Trinajstić information content (AvgIpc) is 2.84. The van der Waals surface area contributed by atoms with Crippen LogP contribution in [-0.4, -0.2) is 12.5 Å². The number of nitrogens with zero attached hydrogens (tertiary/aromatic N) is 1. The van der Waals surface area contributed by atoms with Gasteiger partial charge >= 0.3 is 0 Å². The third kappa shape index (κ3) is 2.97. The van der Waals surface area contributed by atoms with E-state index in [9.17, 15) is 4.79 Å². The quantitative estimate of drug-likeness (QED) is 0.727. The molecule has 0 aliphatic carbocycles. The number of carbonyl (C=O) groups excluding carboxylic acids is 1. The number of amides is 1. The number of rotatable bonds is 2. The Morgan fingerprint density at radius 1 is 1.00 bits per heavy atom. The molecule has 3 rings (SSSR count). The van der Waals surface area contributed by atoms with Gasteiger partial charge in [0.25, 0.3) is 5.91 Å². The van der Waals surface area contributed by atoms with Crippen molar-refractivity contribution in [2.45, 2.75) is 6.42 Å². The van der Waals surface area contributed by atoms with Crippen LogP contribution < -0.4 is 4.90 Å². The van der Waals surface area contributed by atoms with Crippen LogP contribution in [-0.2, 0) is 4.79 Å². The Morgan fingerprint density at radius 2 is 1.76 bits per heavy atom. The molecule has 0 N–H and O–H groups in total. The Morgan fingerprint density at radius 3 is 2.48 bits per heavy atom. The van der Waals surface area contributed by atoms with Gasteiger partial charge in [0.15, 0.2) is 0 Å². The standard InChI is InChI=1S/C17H13Cl2NO/c18-15-7-6-14(11-16(15)19)20-9-8-13(17(20)21)10-12-4-2-1-3-5-12/h1-7,10-11H,8-9H2. The molecule has 0 bridgehead atoms. The van der Waals surface area contributed by atoms with E-state index in [1.807, 2.05) is 42.5 Å². The molecule has 0 saturated carbocycles. The Balaban J connectivity index is 1.86. The Hall–Kier alpha value is -1.77. The second-order valence-electron chi connectivity index (χ2n) is 4.89. The van der Waals surface area contributed by atoms with Crippen molar-refractivity contribution in [1.29, 1.82) is 0 Å². The van der Waals surface area contributed by atoms with Crippen molar-refractivity contribution in [2.75, 3.05) is 11.4 Å². The van der Waals surface area contributed by atoms with Crippen molar-refractivity contribution in [3.63, 3.8) is 0 Å². The molecule has 106 valence electrons. The molecule has 1 heterocycles. The molecule has 21 heavy (non-hydrogen) atoms. The first-order valence-corrected chi connectivity index (χ1v) is 7.43. The van der Waals surface area contributed by atoms with Crippen molar-refractivity contribution in [2.24, 2.45) is 0 Å². The normalized spacial score (nSPS) is 16.8. The van der Waals surface area contributed by atoms with Crippen LogP contribution in [0.4, 0.5) is 5.69 Å². The summed E-state index contributed by atoms with van der Waals surface area (Å²) in [7, 11) is 0. The summed E-state index contributed by atoms with van der Waals surface area (Å²) in [4.78, 5) is 14.2. The van der Waals surface area contributed by atoms with Crippen molar-refractivity contribution >= 4 is 40.9 Å². The van der Waals surface area contributed by atoms with E-state index in [2.05, 4.69) is 0 Å². The molecular weight excluding hydrogens is 305 g/mol. The summed E-state index contributed by atoms with van der Waals surface area (Å²) >= 11 is 11.9. The number of carbonyl (C=O) groups is 1. The highest BCUT2D eigenvalue weighted by Crippen LogP contribution is 2.31. The molecule has 2 aromatic carbocycles. The first-order valence-electron chi connectivity index (χ1n) is 6.68. The molecule has 0 radical (unpaired) electrons. The number of benzene rings is 2. The summed E-state index contributed by atoms with van der Waals surface area (Å²) < 4.78 is 0. The zero-order valence-corrected chi connectivity index (χ0v) is 12.7. The van der Waals surface area contributed by atoms with Gasteiger partial charge in [-0.1, -0.05) is 53.5 Å². The highest BCUT2D eigenvalue weighted by molar-refractivity contribution is 6.42. The van der Waals surface area contributed by atoms with Gasteiger partial charge in [0, 0.05) is 17.8 Å². The van der Waals surface area contributed by atoms with Crippen LogP contribution in [0, 0.1) is 0 Å². The molecule has 2 nitrogen and oxygen atoms in total. The van der Waals surface area contributed by atoms with Crippen LogP contribution in [0.2, 0.25) is 10.0 Å². The van der Waals surface area contributed by atoms with Crippen molar-refractivity contribution < 1.29 is 4.79 Å². The monoisotopic (exact) mass is 317 g/mol. The van der Waals surface area contributed by atoms with Gasteiger partial charge in [-0.2, -0.15) is 0 Å². The molecule has 0 aromatic heterocycles. The molecule has 1 aliphatic heterocycles. The van der Waals surface area contributed by atoms with Crippen LogP contribution >= 0.6 is 23.2 Å². The number of hydrogen-bond acceptors (Lipinski definition) is 1. The fourth-order valence-electron chi connectivity index (χ4n) is 2.40. The highest BCUT2D eigenvalue weighted by atomic mass is 35.5. The number of hydrogen-bond donors (Lipinski definition) is 0. The minimum Gasteiger partial charge on any atom is -0.308 e. The molecule has 2 aromatic rings. The highest BCUT2D eigenvalue weighted by Gasteiger charge is 2.27. The SMILES string of the molecule is O=C1C(=Cc2ccccc2)CCN1c1ccc(Cl)c(Cl)c1. The molecule has 0 atom stereocenters. The van der Waals surface area contributed by atoms with Crippen LogP contribution in [0.15, 0.2) is 54.1 Å². The summed E-state index contributed by atoms with van der Waals surface area (Å²) in [5.74, 6) is 0.0252. The van der Waals surface area contributed by atoms with E-state index in [0.29, 0.717) is 16.6 Å². The Bertz CT molecular complexity index is 710. The minimum atomic E-state index is 0.0252. The van der Waals surface area contributed by atoms with Crippen molar-refractivity contribution in [3.8, 4) is 0 Å². The van der Waals surface area contributed by atoms with Gasteiger partial charge in [-0.05, 0) is 36.3 Å². The second kappa shape index (κ2) is 5.92. The average molecular weight is 318 g/mol. The van der Waals surface area contributed by atoms with Crippen molar-refractivity contribution in [1.82, 2.24) is 0 Å². The summed E-state index contributed by atoms with van der Waals surface area (Å²) in [5, 5.41) is 0.953. The molecule has 1 fully saturated rings. The Kier molecular flexibility index (Phi) is 4.00. The summed E-state index contributed by atoms with van der Waals surface area (Å²) in [5.41, 5.74) is 2.63. The van der Waals surface area contributed by atoms with Gasteiger partial charge in [-0.25, -0.2) is 0 Å². The maximum absolute atomic E-state index is 12.5. The lowest BCUT2D eigenvalue weighted by Crippen LogP contribution is -2.24. The predicted octanol–water partition coefficient (Wildman–Crippen LogP) is 4.81. The molecule has 4 heteroatoms. The second-order valence-corrected chi connectivity index (χ2v) is 5.70. The topological polar surface area (TPSA) is 20.3 Å². The fourth-order valence-corrected chi connectivity index (χ4v) is 2.69. The van der Waals surface area contributed by atoms with Crippen LogP contribution in [0.25, 0.3) is 6.08 Å². The zero-order chi connectivity index (χ0) is 14.8. The van der Waals surface area contributed by atoms with Crippen LogP contribution in [0.1, 0.15) is 12.0 Å². The van der Waals surface area contributed by atoms with Gasteiger partial charge in [0.2, 0.25) is 0 Å². The molecule has 1 amide bonds. The molecule has 1 aliphatic rings. The fraction of sp³-hybridized carbons (Fsp3) is 0.118. The Labute approximate surface area is 133 Å². The van der Waals surface area contributed by atoms with E-state index in [1.165, 1.54) is 0 Å². The van der Waals surface area contributed by atoms with Gasteiger partial charge < -0.3 is 4.90 Å². The van der Waals surface area contributed by atoms with E-state index in [-0.39, 0.29) is 5.91 Å². The lowest BCUT2D eigenvalue weighted by Gasteiger charge is -2.15. The van der Waals surface area contributed by atoms with Gasteiger partial charge in [-0.15, -0.1) is 0 Å². The van der Waals surface area contributed by atoms with Crippen LogP contribution in [0.5, 0.6) is 0 Å². The maximum Gasteiger partial charge on any atom is 0.254 e. The third-order valence-corrected chi connectivity index (χ3v) is 4.22. The van der Waals surface area contributed by atoms with E-state index < -0.39 is 0 Å². The summed E-state index contributed by atoms with van der Waals surface area (Å²) in [6.07, 6.45) is 2.67. The molecule has 0 unspecified atom stereocenters. The van der Waals surface area contributed by atoms with E-state index in [0.717, 1.165) is 23.2 Å². The predicted molar refractivity (Wildman–Crippen MR) is 87.9 cm³/mol. The first-order chi connectivity index (χ1) is 10.1. The lowest BCUT2D eigenvalue weighted by molar-refractivity contribution is -0.114. The zero-order valence-electron chi connectivity index (χ0n) is 11.2. The van der Waals surface area contributed by atoms with Gasteiger partial charge in [0.05, 0.1) is 10.0 Å². The third-order valence-electron chi connectivity index (χ3n) is 3.48. The molecular formula is C17H13Cl2NO. The number of halogens is 2. The molecule has 1 saturated heterocycles. The largest absolute Gasteiger partial charge is 0.308 e. The minimum absolute atomic E-state index is 0.0252. The van der Waals surface area contributed by atoms with Crippen molar-refractivity contribution in [3.05, 3.63) is 69.7 Å². The smallest absolute Gasteiger partial charge is 0.254 e. The summed E-state index contributed by atoms with van der Waals surface area (Å²) in [6.45, 7) is 0.662. The first kappa shape index (κ1) is 14.2. The van der Waals surface area contributed by atoms with E-state index in [4.69, 9.17) is 23.2 Å². The van der Waals surface area contributed by atoms with Gasteiger partial charge in [-0.3, -0.25) is 4.79 Å². The van der Waals surface area contributed by atoms with Crippen LogP contribution in [0.3, 0.4) is 0 Å². The lowest BCUT2D eigenvalue weighted by atomic mass is 10.1.